The topological polar surface area (TPSA) is 55.7 Å². The molecule has 0 aliphatic heterocycles. The molecule has 3 aliphatic rings. The second-order valence-electron chi connectivity index (χ2n) is 18.1. The fourth-order valence-electron chi connectivity index (χ4n) is 9.99. The number of nitrogens with two attached hydrogens (primary N) is 1. The molecule has 0 bridgehead atoms. The zero-order valence-electron chi connectivity index (χ0n) is 41.0. The summed E-state index contributed by atoms with van der Waals surface area (Å²) >= 11 is 0. The van der Waals surface area contributed by atoms with E-state index in [1.54, 1.807) is 6.21 Å². The van der Waals surface area contributed by atoms with Crippen molar-refractivity contribution in [2.45, 2.75) is 85.2 Å². The first kappa shape index (κ1) is 48.1. The zero-order valence-corrected chi connectivity index (χ0v) is 41.0. The Hall–Kier alpha value is -7.40. The standard InChI is InChI=1S/C65H66N4/c1-8-13-16-26-45(6)44-67-65(68-64(66)48-28-18-15-19-29-48)59-42-54(40-53(46(59)7)38-47(23-10-3)27-17-14-9-2)50-32-22-31-49(39-50)51-34-35-58-62(43-51)69(55(24-11-4)25-12-5)61-37-36-57-56-33-21-20-30-52(56)41-60(57)63(58)61/h8-9,11-14,16-18,20,22,24-32,34-37,39-40,42-44,64H,2,4,6,10,15,19,21,23,33,38,41,66H2,1,3,5,7H3/b13-8-,17-14-,25-12-,26-16-,47-27-,55-24+,67-44?,68-65-. The molecule has 69 heavy (non-hydrogen) atoms. The molecular formula is C65H66N4. The van der Waals surface area contributed by atoms with E-state index in [1.807, 2.05) is 49.5 Å². The van der Waals surface area contributed by atoms with Gasteiger partial charge < -0.3 is 10.3 Å². The van der Waals surface area contributed by atoms with Crippen molar-refractivity contribution < 1.29 is 0 Å². The minimum absolute atomic E-state index is 0.574. The molecule has 2 N–H and O–H groups in total. The summed E-state index contributed by atoms with van der Waals surface area (Å²) < 4.78 is 2.42. The minimum atomic E-state index is -0.574. The number of amidine groups is 1. The summed E-state index contributed by atoms with van der Waals surface area (Å²) in [6.07, 6.45) is 44.6. The van der Waals surface area contributed by atoms with Crippen molar-refractivity contribution in [3.63, 3.8) is 0 Å². The van der Waals surface area contributed by atoms with Crippen molar-refractivity contribution in [3.8, 4) is 22.3 Å². The van der Waals surface area contributed by atoms with Gasteiger partial charge in [0.2, 0.25) is 0 Å². The zero-order chi connectivity index (χ0) is 48.3. The summed E-state index contributed by atoms with van der Waals surface area (Å²) in [5.41, 5.74) is 27.1. The average Bonchev–Trinajstić information content (AvgIpc) is 3.92. The van der Waals surface area contributed by atoms with E-state index in [4.69, 9.17) is 15.7 Å². The van der Waals surface area contributed by atoms with E-state index >= 15 is 0 Å². The van der Waals surface area contributed by atoms with Crippen LogP contribution in [0.15, 0.2) is 222 Å². The van der Waals surface area contributed by atoms with Crippen LogP contribution in [0.3, 0.4) is 0 Å². The normalized spacial score (nSPS) is 16.1. The molecule has 1 aromatic heterocycles. The minimum Gasteiger partial charge on any atom is -0.309 e. The van der Waals surface area contributed by atoms with Crippen LogP contribution in [0.2, 0.25) is 0 Å². The molecule has 1 atom stereocenters. The van der Waals surface area contributed by atoms with Gasteiger partial charge in [-0.3, -0.25) is 0 Å². The highest BCUT2D eigenvalue weighted by atomic mass is 15.0. The molecule has 4 nitrogen and oxygen atoms in total. The second kappa shape index (κ2) is 22.6. The predicted molar refractivity (Wildman–Crippen MR) is 302 cm³/mol. The lowest BCUT2D eigenvalue weighted by Crippen LogP contribution is -2.22. The lowest BCUT2D eigenvalue weighted by molar-refractivity contribution is 0.818. The van der Waals surface area contributed by atoms with E-state index in [0.717, 1.165) is 102 Å². The summed E-state index contributed by atoms with van der Waals surface area (Å²) in [6, 6.07) is 25.3. The van der Waals surface area contributed by atoms with Crippen LogP contribution in [0.5, 0.6) is 0 Å². The molecule has 5 aromatic rings. The molecular weight excluding hydrogens is 837 g/mol. The summed E-state index contributed by atoms with van der Waals surface area (Å²) in [5, 5.41) is 2.61. The number of hydrogen-bond donors (Lipinski definition) is 1. The molecule has 0 radical (unpaired) electrons. The molecule has 0 saturated carbocycles. The van der Waals surface area contributed by atoms with Crippen LogP contribution in [0.4, 0.5) is 0 Å². The molecule has 8 rings (SSSR count). The van der Waals surface area contributed by atoms with Crippen molar-refractivity contribution in [1.29, 1.82) is 0 Å². The molecule has 346 valence electrons. The smallest absolute Gasteiger partial charge is 0.156 e. The molecule has 0 spiro atoms. The molecule has 1 unspecified atom stereocenters. The number of benzene rings is 4. The fourth-order valence-corrected chi connectivity index (χ4v) is 9.99. The SMILES string of the molecule is C=C/C=C\C=C(\CCC)Cc1cc(-c2cccc(-c3ccc4c5c6c(ccc5n(C(/C=C\C)=C/C=C)c4c3)C3=C(C=CCC3)C6)c2)cc(/C(N=CC(=C)/C=C\C=C/C)=N/C(N)C2=CCCC=C2)c1C. The first-order valence-electron chi connectivity index (χ1n) is 24.7. The van der Waals surface area contributed by atoms with Crippen LogP contribution in [0.25, 0.3) is 55.3 Å². The van der Waals surface area contributed by atoms with E-state index in [-0.39, 0.29) is 0 Å². The first-order chi connectivity index (χ1) is 33.8. The number of aliphatic imine (C=N–C) groups is 2. The van der Waals surface area contributed by atoms with Crippen LogP contribution in [0, 0.1) is 6.92 Å². The highest BCUT2D eigenvalue weighted by Gasteiger charge is 2.27. The van der Waals surface area contributed by atoms with Gasteiger partial charge >= 0.3 is 0 Å². The third-order valence-corrected chi connectivity index (χ3v) is 13.3. The molecule has 4 heteroatoms. The van der Waals surface area contributed by atoms with Crippen LogP contribution < -0.4 is 5.73 Å². The van der Waals surface area contributed by atoms with Gasteiger partial charge in [-0.15, -0.1) is 0 Å². The van der Waals surface area contributed by atoms with Gasteiger partial charge in [0.15, 0.2) is 5.84 Å². The average molecular weight is 903 g/mol. The molecule has 0 amide bonds. The highest BCUT2D eigenvalue weighted by Crippen LogP contribution is 2.46. The second-order valence-corrected chi connectivity index (χ2v) is 18.1. The van der Waals surface area contributed by atoms with Gasteiger partial charge in [-0.05, 0) is 169 Å². The van der Waals surface area contributed by atoms with E-state index < -0.39 is 6.17 Å². The van der Waals surface area contributed by atoms with E-state index in [1.165, 1.54) is 55.2 Å². The quantitative estimate of drug-likeness (QED) is 0.0564. The molecule has 4 aromatic carbocycles. The van der Waals surface area contributed by atoms with E-state index in [9.17, 15) is 0 Å². The third kappa shape index (κ3) is 10.7. The molecule has 0 saturated heterocycles. The van der Waals surface area contributed by atoms with Gasteiger partial charge in [0.1, 0.15) is 6.17 Å². The van der Waals surface area contributed by atoms with Crippen LogP contribution in [0.1, 0.15) is 87.1 Å². The van der Waals surface area contributed by atoms with Crippen molar-refractivity contribution in [2.75, 3.05) is 0 Å². The third-order valence-electron chi connectivity index (χ3n) is 13.3. The van der Waals surface area contributed by atoms with Gasteiger partial charge in [-0.1, -0.05) is 172 Å². The number of aromatic nitrogens is 1. The lowest BCUT2D eigenvalue weighted by Gasteiger charge is -2.18. The number of rotatable bonds is 17. The fraction of sp³-hybridized carbons (Fsp3) is 0.200. The van der Waals surface area contributed by atoms with E-state index in [2.05, 4.69) is 173 Å². The number of fused-ring (bicyclic) bond motifs is 6. The Kier molecular flexibility index (Phi) is 15.7. The van der Waals surface area contributed by atoms with E-state index in [0.29, 0.717) is 5.84 Å². The maximum Gasteiger partial charge on any atom is 0.156 e. The summed E-state index contributed by atoms with van der Waals surface area (Å²) in [5.74, 6) is 0.577. The maximum atomic E-state index is 6.91. The van der Waals surface area contributed by atoms with Crippen LogP contribution in [-0.2, 0) is 12.8 Å². The highest BCUT2D eigenvalue weighted by molar-refractivity contribution is 6.15. The Balaban J connectivity index is 1.29. The van der Waals surface area contributed by atoms with Gasteiger partial charge in [0, 0.05) is 28.2 Å². The number of hydrogen-bond acceptors (Lipinski definition) is 2. The molecule has 1 heterocycles. The van der Waals surface area contributed by atoms with Crippen LogP contribution >= 0.6 is 0 Å². The van der Waals surface area contributed by atoms with Gasteiger partial charge in [0.25, 0.3) is 0 Å². The summed E-state index contributed by atoms with van der Waals surface area (Å²) in [6.45, 7) is 20.8. The van der Waals surface area contributed by atoms with Crippen molar-refractivity contribution >= 4 is 45.1 Å². The Morgan fingerprint density at radius 3 is 2.41 bits per heavy atom. The molecule has 0 fully saturated rings. The van der Waals surface area contributed by atoms with Crippen molar-refractivity contribution in [1.82, 2.24) is 4.57 Å². The van der Waals surface area contributed by atoms with Crippen molar-refractivity contribution in [3.05, 3.63) is 240 Å². The summed E-state index contributed by atoms with van der Waals surface area (Å²) in [4.78, 5) is 10.3. The van der Waals surface area contributed by atoms with Crippen molar-refractivity contribution in [2.24, 2.45) is 15.7 Å². The Bertz CT molecular complexity index is 3200. The monoisotopic (exact) mass is 903 g/mol. The molecule has 3 aliphatic carbocycles. The Labute approximate surface area is 410 Å². The van der Waals surface area contributed by atoms with Gasteiger partial charge in [-0.2, -0.15) is 0 Å². The Morgan fingerprint density at radius 1 is 0.812 bits per heavy atom. The largest absolute Gasteiger partial charge is 0.309 e. The lowest BCUT2D eigenvalue weighted by atomic mass is 9.89. The van der Waals surface area contributed by atoms with Crippen LogP contribution in [-0.4, -0.2) is 22.8 Å². The van der Waals surface area contributed by atoms with Gasteiger partial charge in [-0.25, -0.2) is 9.98 Å². The number of allylic oxidation sites excluding steroid dienone is 21. The maximum absolute atomic E-state index is 6.91. The summed E-state index contributed by atoms with van der Waals surface area (Å²) in [7, 11) is 0. The van der Waals surface area contributed by atoms with Gasteiger partial charge in [0.05, 0.1) is 11.0 Å². The predicted octanol–water partition coefficient (Wildman–Crippen LogP) is 16.8. The number of nitrogens with zero attached hydrogens (tertiary/aromatic N) is 3. The Morgan fingerprint density at radius 2 is 1.64 bits per heavy atom. The first-order valence-corrected chi connectivity index (χ1v) is 24.7.